The summed E-state index contributed by atoms with van der Waals surface area (Å²) in [6.45, 7) is 0.178. The maximum atomic E-state index is 12.9. The fourth-order valence-corrected chi connectivity index (χ4v) is 4.89. The first-order valence-corrected chi connectivity index (χ1v) is 11.3. The maximum absolute atomic E-state index is 12.9. The van der Waals surface area contributed by atoms with Gasteiger partial charge in [-0.05, 0) is 37.1 Å². The summed E-state index contributed by atoms with van der Waals surface area (Å²) in [5, 5.41) is 0. The number of amides is 3. The van der Waals surface area contributed by atoms with Crippen molar-refractivity contribution in [1.82, 2.24) is 0 Å². The number of anilines is 2. The molecule has 2 aliphatic heterocycles. The lowest BCUT2D eigenvalue weighted by atomic mass is 9.85. The van der Waals surface area contributed by atoms with Gasteiger partial charge in [0.25, 0.3) is 0 Å². The molecule has 3 amide bonds. The molecule has 3 aliphatic rings. The Morgan fingerprint density at radius 2 is 1.65 bits per heavy atom. The van der Waals surface area contributed by atoms with Crippen LogP contribution >= 0.6 is 0 Å². The molecule has 2 aromatic carbocycles. The fraction of sp³-hybridized carbons (Fsp3) is 0.308. The number of hydrogen-bond donors (Lipinski definition) is 0. The zero-order chi connectivity index (χ0) is 23.8. The highest BCUT2D eigenvalue weighted by Crippen LogP contribution is 2.39. The van der Waals surface area contributed by atoms with Gasteiger partial charge in [0, 0.05) is 19.0 Å². The molecule has 0 bridgehead atoms. The second-order valence-corrected chi connectivity index (χ2v) is 8.66. The molecular weight excluding hydrogens is 436 g/mol. The predicted molar refractivity (Wildman–Crippen MR) is 123 cm³/mol. The molecule has 0 unspecified atom stereocenters. The maximum Gasteiger partial charge on any atom is 0.316 e. The number of hydrogen-bond acceptors (Lipinski definition) is 6. The second-order valence-electron chi connectivity index (χ2n) is 8.66. The van der Waals surface area contributed by atoms with E-state index in [1.54, 1.807) is 36.4 Å². The molecule has 0 aromatic heterocycles. The number of carbonyl (C=O) groups excluding carboxylic acids is 4. The summed E-state index contributed by atoms with van der Waals surface area (Å²) in [6.07, 6.45) is 5.00. The smallest absolute Gasteiger partial charge is 0.316 e. The zero-order valence-electron chi connectivity index (χ0n) is 18.7. The summed E-state index contributed by atoms with van der Waals surface area (Å²) in [6, 6.07) is 13.5. The first-order chi connectivity index (χ1) is 16.5. The van der Waals surface area contributed by atoms with Gasteiger partial charge >= 0.3 is 5.97 Å². The molecule has 8 nitrogen and oxygen atoms in total. The van der Waals surface area contributed by atoms with Crippen LogP contribution in [0.15, 0.2) is 60.7 Å². The van der Waals surface area contributed by atoms with E-state index in [4.69, 9.17) is 9.47 Å². The fourth-order valence-electron chi connectivity index (χ4n) is 4.89. The lowest BCUT2D eigenvalue weighted by molar-refractivity contribution is -0.139. The van der Waals surface area contributed by atoms with Crippen LogP contribution in [0.2, 0.25) is 0 Å². The van der Waals surface area contributed by atoms with Crippen molar-refractivity contribution in [3.05, 3.63) is 60.7 Å². The highest BCUT2D eigenvalue weighted by Gasteiger charge is 2.48. The number of imide groups is 1. The van der Waals surface area contributed by atoms with E-state index < -0.39 is 11.9 Å². The van der Waals surface area contributed by atoms with E-state index in [0.29, 0.717) is 30.0 Å². The number of allylic oxidation sites excluding steroid dienone is 2. The third kappa shape index (κ3) is 3.75. The van der Waals surface area contributed by atoms with Crippen molar-refractivity contribution in [2.45, 2.75) is 19.3 Å². The minimum absolute atomic E-state index is 0.0238. The lowest BCUT2D eigenvalue weighted by Crippen LogP contribution is -2.31. The predicted octanol–water partition coefficient (Wildman–Crippen LogP) is 3.11. The molecule has 3 atom stereocenters. The molecule has 2 heterocycles. The quantitative estimate of drug-likeness (QED) is 0.295. The SMILES string of the molecule is COc1ccccc1N1C[C@@H](C(=O)Oc2cccc(N3C(=O)[C@H]4CC=CC[C@H]4C3=O)c2)CC1=O. The summed E-state index contributed by atoms with van der Waals surface area (Å²) in [5.74, 6) is -1.74. The highest BCUT2D eigenvalue weighted by molar-refractivity contribution is 6.22. The molecule has 8 heteroatoms. The van der Waals surface area contributed by atoms with E-state index in [1.807, 2.05) is 18.2 Å². The van der Waals surface area contributed by atoms with Crippen LogP contribution in [0.3, 0.4) is 0 Å². The number of carbonyl (C=O) groups is 4. The molecule has 174 valence electrons. The van der Waals surface area contributed by atoms with Crippen molar-refractivity contribution in [3.8, 4) is 11.5 Å². The van der Waals surface area contributed by atoms with Crippen molar-refractivity contribution in [2.24, 2.45) is 17.8 Å². The van der Waals surface area contributed by atoms with Crippen LogP contribution in [-0.4, -0.2) is 37.3 Å². The standard InChI is InChI=1S/C26H24N2O6/c1-33-22-12-5-4-11-21(22)27-15-16(13-23(27)29)26(32)34-18-8-6-7-17(14-18)28-24(30)19-9-2-3-10-20(19)25(28)31/h2-8,11-12,14,16,19-20H,9-10,13,15H2,1H3/t16-,19-,20+/m0/s1. The van der Waals surface area contributed by atoms with Gasteiger partial charge in [-0.2, -0.15) is 0 Å². The summed E-state index contributed by atoms with van der Waals surface area (Å²) in [4.78, 5) is 53.9. The van der Waals surface area contributed by atoms with Crippen LogP contribution in [0.25, 0.3) is 0 Å². The van der Waals surface area contributed by atoms with E-state index in [2.05, 4.69) is 0 Å². The highest BCUT2D eigenvalue weighted by atomic mass is 16.5. The summed E-state index contributed by atoms with van der Waals surface area (Å²) in [7, 11) is 1.53. The average molecular weight is 460 g/mol. The number of fused-ring (bicyclic) bond motifs is 1. The van der Waals surface area contributed by atoms with Gasteiger partial charge in [0.15, 0.2) is 0 Å². The van der Waals surface area contributed by atoms with Gasteiger partial charge in [-0.1, -0.05) is 30.4 Å². The molecule has 0 radical (unpaired) electrons. The van der Waals surface area contributed by atoms with Gasteiger partial charge < -0.3 is 14.4 Å². The van der Waals surface area contributed by atoms with Crippen LogP contribution in [0.4, 0.5) is 11.4 Å². The zero-order valence-corrected chi connectivity index (χ0v) is 18.7. The summed E-state index contributed by atoms with van der Waals surface area (Å²) >= 11 is 0. The van der Waals surface area contributed by atoms with Crippen molar-refractivity contribution < 1.29 is 28.7 Å². The Hall–Kier alpha value is -3.94. The first-order valence-electron chi connectivity index (χ1n) is 11.3. The van der Waals surface area contributed by atoms with Crippen molar-refractivity contribution >= 4 is 35.1 Å². The van der Waals surface area contributed by atoms with E-state index >= 15 is 0 Å². The minimum Gasteiger partial charge on any atom is -0.495 e. The molecule has 1 aliphatic carbocycles. The van der Waals surface area contributed by atoms with Gasteiger partial charge in [-0.3, -0.25) is 19.2 Å². The monoisotopic (exact) mass is 460 g/mol. The summed E-state index contributed by atoms with van der Waals surface area (Å²) < 4.78 is 10.9. The number of methoxy groups -OCH3 is 1. The topological polar surface area (TPSA) is 93.2 Å². The Labute approximate surface area is 196 Å². The average Bonchev–Trinajstić information content (AvgIpc) is 3.36. The van der Waals surface area contributed by atoms with Crippen molar-refractivity contribution in [1.29, 1.82) is 0 Å². The molecule has 0 saturated carbocycles. The Balaban J connectivity index is 1.30. The molecule has 2 aromatic rings. The van der Waals surface area contributed by atoms with Crippen molar-refractivity contribution in [2.75, 3.05) is 23.5 Å². The minimum atomic E-state index is -0.648. The number of benzene rings is 2. The third-order valence-electron chi connectivity index (χ3n) is 6.64. The second kappa shape index (κ2) is 8.78. The van der Waals surface area contributed by atoms with Crippen LogP contribution in [0, 0.1) is 17.8 Å². The molecule has 5 rings (SSSR count). The van der Waals surface area contributed by atoms with E-state index in [1.165, 1.54) is 23.0 Å². The Morgan fingerprint density at radius 3 is 2.35 bits per heavy atom. The number of para-hydroxylation sites is 2. The van der Waals surface area contributed by atoms with Gasteiger partial charge in [0.05, 0.1) is 36.2 Å². The number of ether oxygens (including phenoxy) is 2. The van der Waals surface area contributed by atoms with Gasteiger partial charge in [0.2, 0.25) is 17.7 Å². The van der Waals surface area contributed by atoms with Crippen LogP contribution in [0.1, 0.15) is 19.3 Å². The third-order valence-corrected chi connectivity index (χ3v) is 6.64. The molecule has 0 spiro atoms. The van der Waals surface area contributed by atoms with E-state index in [-0.39, 0.29) is 48.3 Å². The van der Waals surface area contributed by atoms with Gasteiger partial charge in [-0.15, -0.1) is 0 Å². The van der Waals surface area contributed by atoms with E-state index in [0.717, 1.165) is 0 Å². The molecule has 2 saturated heterocycles. The van der Waals surface area contributed by atoms with Crippen molar-refractivity contribution in [3.63, 3.8) is 0 Å². The summed E-state index contributed by atoms with van der Waals surface area (Å²) in [5.41, 5.74) is 0.988. The first kappa shape index (κ1) is 21.9. The van der Waals surface area contributed by atoms with Crippen LogP contribution in [-0.2, 0) is 19.2 Å². The lowest BCUT2D eigenvalue weighted by Gasteiger charge is -2.19. The molecule has 0 N–H and O–H groups in total. The Morgan fingerprint density at radius 1 is 0.941 bits per heavy atom. The number of rotatable bonds is 5. The van der Waals surface area contributed by atoms with Crippen LogP contribution < -0.4 is 19.3 Å². The van der Waals surface area contributed by atoms with Gasteiger partial charge in [-0.25, -0.2) is 4.90 Å². The normalized spacial score (nSPS) is 23.9. The largest absolute Gasteiger partial charge is 0.495 e. The van der Waals surface area contributed by atoms with Gasteiger partial charge in [0.1, 0.15) is 11.5 Å². The number of nitrogens with zero attached hydrogens (tertiary/aromatic N) is 2. The molecule has 2 fully saturated rings. The molecule has 34 heavy (non-hydrogen) atoms. The molecular formula is C26H24N2O6. The van der Waals surface area contributed by atoms with Crippen LogP contribution in [0.5, 0.6) is 11.5 Å². The Kier molecular flexibility index (Phi) is 5.65. The van der Waals surface area contributed by atoms with E-state index in [9.17, 15) is 19.2 Å². The Bertz CT molecular complexity index is 1180. The number of esters is 1.